The summed E-state index contributed by atoms with van der Waals surface area (Å²) in [4.78, 5) is 35.8. The first-order valence-corrected chi connectivity index (χ1v) is 9.44. The minimum absolute atomic E-state index is 0.122. The van der Waals surface area contributed by atoms with Crippen LogP contribution < -0.4 is 16.2 Å². The maximum Gasteiger partial charge on any atom is 0.238 e. The summed E-state index contributed by atoms with van der Waals surface area (Å²) in [5, 5.41) is 0. The molecule has 148 valence electrons. The monoisotopic (exact) mass is 382 g/mol. The number of nitrogens with zero attached hydrogens (tertiary/aromatic N) is 4. The zero-order valence-corrected chi connectivity index (χ0v) is 16.1. The predicted octanol–water partition coefficient (Wildman–Crippen LogP) is 0.463. The lowest BCUT2D eigenvalue weighted by atomic mass is 10.0. The molecule has 2 heterocycles. The lowest BCUT2D eigenvalue weighted by molar-refractivity contribution is -0.129. The van der Waals surface area contributed by atoms with E-state index in [2.05, 4.69) is 20.3 Å². The summed E-state index contributed by atoms with van der Waals surface area (Å²) in [5.74, 6) is 5.88. The van der Waals surface area contributed by atoms with Crippen molar-refractivity contribution < 1.29 is 9.59 Å². The van der Waals surface area contributed by atoms with E-state index in [0.29, 0.717) is 0 Å². The molecule has 3 rings (SSSR count). The Bertz CT molecular complexity index is 798. The third-order valence-electron chi connectivity index (χ3n) is 4.96. The molecule has 8 heteroatoms. The summed E-state index contributed by atoms with van der Waals surface area (Å²) in [5.41, 5.74) is 5.19. The normalized spacial score (nSPS) is 14.1. The van der Waals surface area contributed by atoms with Crippen LogP contribution in [0.5, 0.6) is 0 Å². The first kappa shape index (κ1) is 19.8. The number of nitrogens with two attached hydrogens (primary N) is 1. The van der Waals surface area contributed by atoms with Crippen molar-refractivity contribution in [2.75, 3.05) is 31.1 Å². The molecule has 1 aliphatic heterocycles. The van der Waals surface area contributed by atoms with Crippen molar-refractivity contribution in [3.63, 3.8) is 0 Å². The van der Waals surface area contributed by atoms with Crippen LogP contribution in [0.4, 0.5) is 5.82 Å². The zero-order valence-electron chi connectivity index (χ0n) is 16.1. The smallest absolute Gasteiger partial charge is 0.238 e. The van der Waals surface area contributed by atoms with Gasteiger partial charge in [0.1, 0.15) is 5.82 Å². The molecule has 0 saturated carbocycles. The Morgan fingerprint density at radius 2 is 1.68 bits per heavy atom. The van der Waals surface area contributed by atoms with Crippen LogP contribution in [0, 0.1) is 0 Å². The number of carbonyl (C=O) groups is 2. The van der Waals surface area contributed by atoms with Crippen molar-refractivity contribution in [3.8, 4) is 0 Å². The predicted molar refractivity (Wildman–Crippen MR) is 106 cm³/mol. The van der Waals surface area contributed by atoms with Gasteiger partial charge >= 0.3 is 0 Å². The minimum atomic E-state index is -0.203. The fourth-order valence-electron chi connectivity index (χ4n) is 3.22. The number of hydrogen-bond acceptors (Lipinski definition) is 6. The van der Waals surface area contributed by atoms with Crippen LogP contribution in [0.15, 0.2) is 36.7 Å². The van der Waals surface area contributed by atoms with Crippen LogP contribution in [0.2, 0.25) is 0 Å². The highest BCUT2D eigenvalue weighted by molar-refractivity contribution is 5.77. The van der Waals surface area contributed by atoms with Gasteiger partial charge in [0.05, 0.1) is 24.5 Å². The van der Waals surface area contributed by atoms with Gasteiger partial charge in [-0.2, -0.15) is 0 Å². The van der Waals surface area contributed by atoms with Crippen molar-refractivity contribution in [3.05, 3.63) is 53.5 Å². The SMILES string of the molecule is CC(=O)N1CCN(c2cnc(CCc3ccc(CC(=O)NN)cc3)cn2)CC1. The lowest BCUT2D eigenvalue weighted by Crippen LogP contribution is -2.48. The molecule has 0 unspecified atom stereocenters. The molecule has 1 fully saturated rings. The van der Waals surface area contributed by atoms with Gasteiger partial charge in [-0.3, -0.25) is 20.0 Å². The van der Waals surface area contributed by atoms with Crippen molar-refractivity contribution in [1.29, 1.82) is 0 Å². The average Bonchev–Trinajstić information content (AvgIpc) is 2.73. The second-order valence-electron chi connectivity index (χ2n) is 6.92. The van der Waals surface area contributed by atoms with Crippen molar-refractivity contribution in [1.82, 2.24) is 20.3 Å². The minimum Gasteiger partial charge on any atom is -0.352 e. The second kappa shape index (κ2) is 9.27. The van der Waals surface area contributed by atoms with Gasteiger partial charge in [-0.15, -0.1) is 0 Å². The number of anilines is 1. The molecule has 0 spiro atoms. The van der Waals surface area contributed by atoms with Crippen LogP contribution >= 0.6 is 0 Å². The number of piperazine rings is 1. The summed E-state index contributed by atoms with van der Waals surface area (Å²) >= 11 is 0. The number of nitrogens with one attached hydrogen (secondary N) is 1. The first-order valence-electron chi connectivity index (χ1n) is 9.44. The zero-order chi connectivity index (χ0) is 19.9. The Morgan fingerprint density at radius 1 is 1.00 bits per heavy atom. The molecule has 0 aliphatic carbocycles. The molecule has 28 heavy (non-hydrogen) atoms. The lowest BCUT2D eigenvalue weighted by Gasteiger charge is -2.34. The summed E-state index contributed by atoms with van der Waals surface area (Å²) < 4.78 is 0. The molecular formula is C20H26N6O2. The average molecular weight is 382 g/mol. The van der Waals surface area contributed by atoms with Gasteiger partial charge < -0.3 is 9.80 Å². The van der Waals surface area contributed by atoms with E-state index < -0.39 is 0 Å². The molecule has 3 N–H and O–H groups in total. The number of hydrazine groups is 1. The van der Waals surface area contributed by atoms with Gasteiger partial charge in [0, 0.05) is 33.1 Å². The number of amides is 2. The Balaban J connectivity index is 1.49. The molecule has 1 aromatic heterocycles. The van der Waals surface area contributed by atoms with E-state index in [0.717, 1.165) is 56.1 Å². The highest BCUT2D eigenvalue weighted by Crippen LogP contribution is 2.14. The van der Waals surface area contributed by atoms with E-state index in [9.17, 15) is 9.59 Å². The standard InChI is InChI=1S/C20H26N6O2/c1-15(27)25-8-10-26(11-9-25)19-14-22-18(13-23-19)7-6-16-2-4-17(5-3-16)12-20(28)24-21/h2-5,13-14H,6-12,21H2,1H3,(H,24,28). The number of aromatic nitrogens is 2. The van der Waals surface area contributed by atoms with E-state index in [1.807, 2.05) is 41.6 Å². The molecule has 0 radical (unpaired) electrons. The Kier molecular flexibility index (Phi) is 6.54. The molecule has 0 bridgehead atoms. The Hall–Kier alpha value is -3.00. The molecule has 1 aromatic carbocycles. The van der Waals surface area contributed by atoms with Gasteiger partial charge in [-0.25, -0.2) is 10.8 Å². The molecule has 2 aromatic rings. The summed E-state index contributed by atoms with van der Waals surface area (Å²) in [6.45, 7) is 4.61. The molecule has 2 amide bonds. The van der Waals surface area contributed by atoms with Crippen LogP contribution in [-0.2, 0) is 28.9 Å². The maximum absolute atomic E-state index is 11.4. The van der Waals surface area contributed by atoms with Gasteiger partial charge in [0.2, 0.25) is 11.8 Å². The number of carbonyl (C=O) groups excluding carboxylic acids is 2. The van der Waals surface area contributed by atoms with Crippen LogP contribution in [-0.4, -0.2) is 52.9 Å². The molecule has 8 nitrogen and oxygen atoms in total. The Morgan fingerprint density at radius 3 is 2.25 bits per heavy atom. The van der Waals surface area contributed by atoms with Gasteiger partial charge in [0.15, 0.2) is 0 Å². The first-order chi connectivity index (χ1) is 13.5. The second-order valence-corrected chi connectivity index (χ2v) is 6.92. The van der Waals surface area contributed by atoms with E-state index in [1.54, 1.807) is 6.92 Å². The van der Waals surface area contributed by atoms with E-state index in [4.69, 9.17) is 5.84 Å². The number of hydrogen-bond donors (Lipinski definition) is 2. The van der Waals surface area contributed by atoms with Gasteiger partial charge in [0.25, 0.3) is 0 Å². The van der Waals surface area contributed by atoms with Gasteiger partial charge in [-0.05, 0) is 24.0 Å². The largest absolute Gasteiger partial charge is 0.352 e. The maximum atomic E-state index is 11.4. The molecule has 1 aliphatic rings. The number of aryl methyl sites for hydroxylation is 2. The fraction of sp³-hybridized carbons (Fsp3) is 0.400. The van der Waals surface area contributed by atoms with Crippen molar-refractivity contribution in [2.24, 2.45) is 5.84 Å². The Labute approximate surface area is 164 Å². The third kappa shape index (κ3) is 5.26. The van der Waals surface area contributed by atoms with Crippen LogP contribution in [0.3, 0.4) is 0 Å². The van der Waals surface area contributed by atoms with Crippen LogP contribution in [0.25, 0.3) is 0 Å². The fourth-order valence-corrected chi connectivity index (χ4v) is 3.22. The third-order valence-corrected chi connectivity index (χ3v) is 4.96. The topological polar surface area (TPSA) is 104 Å². The highest BCUT2D eigenvalue weighted by atomic mass is 16.2. The van der Waals surface area contributed by atoms with Crippen molar-refractivity contribution >= 4 is 17.6 Å². The highest BCUT2D eigenvalue weighted by Gasteiger charge is 2.19. The molecular weight excluding hydrogens is 356 g/mol. The van der Waals surface area contributed by atoms with Gasteiger partial charge in [-0.1, -0.05) is 24.3 Å². The number of rotatable bonds is 6. The van der Waals surface area contributed by atoms with E-state index in [-0.39, 0.29) is 18.2 Å². The van der Waals surface area contributed by atoms with Crippen molar-refractivity contribution in [2.45, 2.75) is 26.2 Å². The molecule has 1 saturated heterocycles. The quantitative estimate of drug-likeness (QED) is 0.427. The number of benzene rings is 1. The molecule has 0 atom stereocenters. The summed E-state index contributed by atoms with van der Waals surface area (Å²) in [6.07, 6.45) is 5.58. The van der Waals surface area contributed by atoms with E-state index >= 15 is 0 Å². The summed E-state index contributed by atoms with van der Waals surface area (Å²) in [6, 6.07) is 7.94. The van der Waals surface area contributed by atoms with Crippen LogP contribution in [0.1, 0.15) is 23.7 Å². The summed E-state index contributed by atoms with van der Waals surface area (Å²) in [7, 11) is 0. The van der Waals surface area contributed by atoms with E-state index in [1.165, 1.54) is 5.56 Å².